The van der Waals surface area contributed by atoms with Crippen LogP contribution in [0.3, 0.4) is 0 Å². The van der Waals surface area contributed by atoms with Crippen LogP contribution in [0.25, 0.3) is 16.6 Å². The van der Waals surface area contributed by atoms with Crippen LogP contribution in [-0.2, 0) is 10.0 Å². The van der Waals surface area contributed by atoms with E-state index in [2.05, 4.69) is 25.1 Å². The van der Waals surface area contributed by atoms with E-state index in [0.717, 1.165) is 16.5 Å². The Labute approximate surface area is 191 Å². The lowest BCUT2D eigenvalue weighted by Gasteiger charge is -2.11. The smallest absolute Gasteiger partial charge is 0.261 e. The SMILES string of the molecule is Cc1nc(Nc2ccc(NS(=O)(=O)c3ccc4ccccc4c3)cc2)cc(-n2cccn2)n1. The van der Waals surface area contributed by atoms with Crippen LogP contribution in [-0.4, -0.2) is 28.2 Å². The molecule has 0 aliphatic rings. The first-order valence-electron chi connectivity index (χ1n) is 10.2. The molecule has 0 spiro atoms. The van der Waals surface area contributed by atoms with Crippen molar-refractivity contribution in [3.8, 4) is 5.82 Å². The number of hydrogen-bond acceptors (Lipinski definition) is 6. The minimum absolute atomic E-state index is 0.214. The highest BCUT2D eigenvalue weighted by atomic mass is 32.2. The van der Waals surface area contributed by atoms with Crippen molar-refractivity contribution in [3.05, 3.63) is 97.1 Å². The Bertz CT molecular complexity index is 1530. The van der Waals surface area contributed by atoms with Gasteiger partial charge in [-0.1, -0.05) is 30.3 Å². The summed E-state index contributed by atoms with van der Waals surface area (Å²) in [5.74, 6) is 1.86. The van der Waals surface area contributed by atoms with E-state index in [-0.39, 0.29) is 4.90 Å². The van der Waals surface area contributed by atoms with E-state index in [1.807, 2.05) is 43.5 Å². The molecule has 9 heteroatoms. The van der Waals surface area contributed by atoms with E-state index in [0.29, 0.717) is 23.1 Å². The Morgan fingerprint density at radius 3 is 2.33 bits per heavy atom. The molecule has 2 N–H and O–H groups in total. The van der Waals surface area contributed by atoms with Crippen molar-refractivity contribution in [1.29, 1.82) is 0 Å². The van der Waals surface area contributed by atoms with Gasteiger partial charge in [-0.3, -0.25) is 4.72 Å². The largest absolute Gasteiger partial charge is 0.340 e. The molecule has 33 heavy (non-hydrogen) atoms. The molecule has 0 atom stereocenters. The van der Waals surface area contributed by atoms with E-state index in [4.69, 9.17) is 0 Å². The zero-order valence-electron chi connectivity index (χ0n) is 17.7. The average Bonchev–Trinajstić information content (AvgIpc) is 3.35. The number of benzene rings is 3. The third kappa shape index (κ3) is 4.53. The lowest BCUT2D eigenvalue weighted by molar-refractivity contribution is 0.601. The van der Waals surface area contributed by atoms with Crippen molar-refractivity contribution in [2.24, 2.45) is 0 Å². The third-order valence-electron chi connectivity index (χ3n) is 5.00. The maximum Gasteiger partial charge on any atom is 0.261 e. The molecule has 0 saturated heterocycles. The second kappa shape index (κ2) is 8.36. The Kier molecular flexibility index (Phi) is 5.23. The van der Waals surface area contributed by atoms with Gasteiger partial charge in [0.1, 0.15) is 11.6 Å². The summed E-state index contributed by atoms with van der Waals surface area (Å²) in [6.07, 6.45) is 3.49. The van der Waals surface area contributed by atoms with Gasteiger partial charge in [-0.15, -0.1) is 0 Å². The van der Waals surface area contributed by atoms with Gasteiger partial charge >= 0.3 is 0 Å². The highest BCUT2D eigenvalue weighted by Gasteiger charge is 2.15. The summed E-state index contributed by atoms with van der Waals surface area (Å²) in [5, 5.41) is 9.27. The number of fused-ring (bicyclic) bond motifs is 1. The van der Waals surface area contributed by atoms with Crippen molar-refractivity contribution in [2.45, 2.75) is 11.8 Å². The zero-order valence-corrected chi connectivity index (χ0v) is 18.5. The number of rotatable bonds is 6. The van der Waals surface area contributed by atoms with Gasteiger partial charge in [0.25, 0.3) is 10.0 Å². The highest BCUT2D eigenvalue weighted by Crippen LogP contribution is 2.23. The number of hydrogen-bond donors (Lipinski definition) is 2. The summed E-state index contributed by atoms with van der Waals surface area (Å²) < 4.78 is 30.0. The molecule has 5 aromatic rings. The molecule has 0 unspecified atom stereocenters. The van der Waals surface area contributed by atoms with Crippen LogP contribution in [0.1, 0.15) is 5.82 Å². The normalized spacial score (nSPS) is 11.4. The summed E-state index contributed by atoms with van der Waals surface area (Å²) in [7, 11) is -3.71. The van der Waals surface area contributed by atoms with Crippen molar-refractivity contribution in [3.63, 3.8) is 0 Å². The molecule has 0 amide bonds. The summed E-state index contributed by atoms with van der Waals surface area (Å²) in [5.41, 5.74) is 1.22. The molecule has 5 rings (SSSR count). The molecular formula is C24H20N6O2S. The Balaban J connectivity index is 1.33. The van der Waals surface area contributed by atoms with E-state index in [1.54, 1.807) is 59.4 Å². The highest BCUT2D eigenvalue weighted by molar-refractivity contribution is 7.92. The van der Waals surface area contributed by atoms with Gasteiger partial charge in [-0.05, 0) is 60.2 Å². The van der Waals surface area contributed by atoms with Gasteiger partial charge in [-0.2, -0.15) is 5.10 Å². The number of nitrogens with zero attached hydrogens (tertiary/aromatic N) is 4. The molecule has 164 valence electrons. The van der Waals surface area contributed by atoms with Gasteiger partial charge in [0.2, 0.25) is 0 Å². The maximum atomic E-state index is 12.9. The van der Waals surface area contributed by atoms with Crippen LogP contribution in [0.4, 0.5) is 17.2 Å². The van der Waals surface area contributed by atoms with Crippen LogP contribution in [0.15, 0.2) is 96.2 Å². The zero-order chi connectivity index (χ0) is 22.8. The van der Waals surface area contributed by atoms with E-state index in [1.165, 1.54) is 0 Å². The van der Waals surface area contributed by atoms with Gasteiger partial charge < -0.3 is 5.32 Å². The molecule has 0 saturated carbocycles. The van der Waals surface area contributed by atoms with Crippen LogP contribution < -0.4 is 10.0 Å². The monoisotopic (exact) mass is 456 g/mol. The molecule has 0 radical (unpaired) electrons. The van der Waals surface area contributed by atoms with Crippen molar-refractivity contribution < 1.29 is 8.42 Å². The van der Waals surface area contributed by atoms with Crippen molar-refractivity contribution >= 4 is 38.0 Å². The topological polar surface area (TPSA) is 102 Å². The first kappa shape index (κ1) is 20.7. The quantitative estimate of drug-likeness (QED) is 0.385. The van der Waals surface area contributed by atoms with E-state index in [9.17, 15) is 8.42 Å². The third-order valence-corrected chi connectivity index (χ3v) is 6.38. The van der Waals surface area contributed by atoms with E-state index >= 15 is 0 Å². The Morgan fingerprint density at radius 2 is 1.58 bits per heavy atom. The molecule has 2 aromatic heterocycles. The lowest BCUT2D eigenvalue weighted by Crippen LogP contribution is -2.12. The lowest BCUT2D eigenvalue weighted by atomic mass is 10.1. The molecule has 0 aliphatic heterocycles. The average molecular weight is 457 g/mol. The van der Waals surface area contributed by atoms with Gasteiger partial charge in [0, 0.05) is 29.8 Å². The van der Waals surface area contributed by atoms with Crippen LogP contribution >= 0.6 is 0 Å². The molecule has 0 aliphatic carbocycles. The van der Waals surface area contributed by atoms with Crippen molar-refractivity contribution in [2.75, 3.05) is 10.0 Å². The number of aromatic nitrogens is 4. The van der Waals surface area contributed by atoms with E-state index < -0.39 is 10.0 Å². The fourth-order valence-electron chi connectivity index (χ4n) is 3.46. The number of anilines is 3. The van der Waals surface area contributed by atoms with Crippen LogP contribution in [0.2, 0.25) is 0 Å². The summed E-state index contributed by atoms with van der Waals surface area (Å²) in [6, 6.07) is 23.3. The first-order chi connectivity index (χ1) is 16.0. The Morgan fingerprint density at radius 1 is 0.818 bits per heavy atom. The van der Waals surface area contributed by atoms with Crippen molar-refractivity contribution in [1.82, 2.24) is 19.7 Å². The summed E-state index contributed by atoms with van der Waals surface area (Å²) in [6.45, 7) is 1.81. The number of sulfonamides is 1. The van der Waals surface area contributed by atoms with Gasteiger partial charge in [-0.25, -0.2) is 23.1 Å². The Hall–Kier alpha value is -4.24. The van der Waals surface area contributed by atoms with Crippen LogP contribution in [0.5, 0.6) is 0 Å². The molecule has 8 nitrogen and oxygen atoms in total. The van der Waals surface area contributed by atoms with Crippen LogP contribution in [0, 0.1) is 6.92 Å². The minimum atomic E-state index is -3.71. The minimum Gasteiger partial charge on any atom is -0.340 e. The number of nitrogens with one attached hydrogen (secondary N) is 2. The predicted octanol–water partition coefficient (Wildman–Crippen LogP) is 4.67. The molecular weight excluding hydrogens is 436 g/mol. The van der Waals surface area contributed by atoms with Gasteiger partial charge in [0.15, 0.2) is 5.82 Å². The molecule has 0 bridgehead atoms. The summed E-state index contributed by atoms with van der Waals surface area (Å²) in [4.78, 5) is 9.02. The van der Waals surface area contributed by atoms with Gasteiger partial charge in [0.05, 0.1) is 4.90 Å². The fraction of sp³-hybridized carbons (Fsp3) is 0.0417. The fourth-order valence-corrected chi connectivity index (χ4v) is 4.55. The predicted molar refractivity (Wildman–Crippen MR) is 128 cm³/mol. The second-order valence-corrected chi connectivity index (χ2v) is 9.11. The second-order valence-electron chi connectivity index (χ2n) is 7.43. The molecule has 0 fully saturated rings. The standard InChI is InChI=1S/C24H20N6O2S/c1-17-26-23(16-24(27-17)30-14-4-13-25-30)28-20-8-10-21(11-9-20)29-33(31,32)22-12-7-18-5-2-3-6-19(18)15-22/h2-16,29H,1H3,(H,26,27,28). The first-order valence-corrected chi connectivity index (χ1v) is 11.7. The molecule has 2 heterocycles. The number of aryl methyl sites for hydroxylation is 1. The summed E-state index contributed by atoms with van der Waals surface area (Å²) >= 11 is 0. The maximum absolute atomic E-state index is 12.9. The molecule has 3 aromatic carbocycles.